The summed E-state index contributed by atoms with van der Waals surface area (Å²) in [7, 11) is 0. The average Bonchev–Trinajstić information content (AvgIpc) is 2.38. The lowest BCUT2D eigenvalue weighted by molar-refractivity contribution is 0.0696. The van der Waals surface area contributed by atoms with E-state index in [1.54, 1.807) is 12.1 Å². The third-order valence-electron chi connectivity index (χ3n) is 3.06. The molecule has 98 valence electrons. The predicted octanol–water partition coefficient (Wildman–Crippen LogP) is 3.74. The lowest BCUT2D eigenvalue weighted by Gasteiger charge is -2.19. The largest absolute Gasteiger partial charge is 0.478 e. The van der Waals surface area contributed by atoms with Crippen LogP contribution in [-0.4, -0.2) is 16.1 Å². The van der Waals surface area contributed by atoms with Gasteiger partial charge in [-0.25, -0.2) is 4.79 Å². The summed E-state index contributed by atoms with van der Waals surface area (Å²) >= 11 is 0. The molecule has 0 spiro atoms. The van der Waals surface area contributed by atoms with Gasteiger partial charge in [0.05, 0.1) is 11.3 Å². The lowest BCUT2D eigenvalue weighted by Crippen LogP contribution is -2.10. The molecule has 1 aromatic heterocycles. The van der Waals surface area contributed by atoms with Gasteiger partial charge in [0.1, 0.15) is 0 Å². The van der Waals surface area contributed by atoms with E-state index in [9.17, 15) is 4.79 Å². The summed E-state index contributed by atoms with van der Waals surface area (Å²) in [6, 6.07) is 11.5. The third kappa shape index (κ3) is 2.99. The highest BCUT2D eigenvalue weighted by molar-refractivity contribution is 5.87. The van der Waals surface area contributed by atoms with E-state index in [2.05, 4.69) is 37.9 Å². The van der Waals surface area contributed by atoms with Gasteiger partial charge < -0.3 is 5.11 Å². The minimum absolute atomic E-state index is 0.124. The number of carboxylic acids is 1. The molecule has 3 nitrogen and oxygen atoms in total. The highest BCUT2D eigenvalue weighted by Crippen LogP contribution is 2.25. The molecule has 0 aliphatic heterocycles. The van der Waals surface area contributed by atoms with E-state index in [0.29, 0.717) is 0 Å². The zero-order chi connectivity index (χ0) is 14.0. The van der Waals surface area contributed by atoms with Crippen LogP contribution in [0.1, 0.15) is 36.7 Å². The van der Waals surface area contributed by atoms with Crippen molar-refractivity contribution >= 4 is 5.97 Å². The monoisotopic (exact) mass is 255 g/mol. The molecule has 1 heterocycles. The number of carboxylic acid groups (broad SMARTS) is 1. The lowest BCUT2D eigenvalue weighted by atomic mass is 9.86. The van der Waals surface area contributed by atoms with Crippen molar-refractivity contribution in [3.63, 3.8) is 0 Å². The molecule has 19 heavy (non-hydrogen) atoms. The topological polar surface area (TPSA) is 50.2 Å². The minimum atomic E-state index is -0.956. The smallest absolute Gasteiger partial charge is 0.337 e. The van der Waals surface area contributed by atoms with Crippen LogP contribution >= 0.6 is 0 Å². The van der Waals surface area contributed by atoms with Crippen molar-refractivity contribution in [3.05, 3.63) is 53.7 Å². The molecule has 1 N–H and O–H groups in total. The summed E-state index contributed by atoms with van der Waals surface area (Å²) < 4.78 is 0. The Bertz CT molecular complexity index is 578. The summed E-state index contributed by atoms with van der Waals surface area (Å²) in [5.74, 6) is -0.956. The predicted molar refractivity (Wildman–Crippen MR) is 75.3 cm³/mol. The number of rotatable bonds is 2. The molecule has 0 aliphatic carbocycles. The Morgan fingerprint density at radius 3 is 2.11 bits per heavy atom. The van der Waals surface area contributed by atoms with Crippen molar-refractivity contribution in [2.24, 2.45) is 0 Å². The summed E-state index contributed by atoms with van der Waals surface area (Å²) in [5.41, 5.74) is 3.36. The summed E-state index contributed by atoms with van der Waals surface area (Å²) in [6.45, 7) is 6.51. The van der Waals surface area contributed by atoms with Gasteiger partial charge in [0.15, 0.2) is 0 Å². The second-order valence-corrected chi connectivity index (χ2v) is 5.56. The molecule has 0 unspecified atom stereocenters. The summed E-state index contributed by atoms with van der Waals surface area (Å²) in [4.78, 5) is 14.9. The molecule has 0 atom stereocenters. The molecule has 0 saturated heterocycles. The van der Waals surface area contributed by atoms with E-state index < -0.39 is 5.97 Å². The first-order chi connectivity index (χ1) is 8.88. The van der Waals surface area contributed by atoms with Crippen molar-refractivity contribution in [2.45, 2.75) is 26.2 Å². The van der Waals surface area contributed by atoms with E-state index >= 15 is 0 Å². The molecule has 0 fully saturated rings. The van der Waals surface area contributed by atoms with Gasteiger partial charge in [-0.15, -0.1) is 0 Å². The molecule has 0 amide bonds. The Labute approximate surface area is 112 Å². The van der Waals surface area contributed by atoms with Crippen LogP contribution < -0.4 is 0 Å². The third-order valence-corrected chi connectivity index (χ3v) is 3.06. The quantitative estimate of drug-likeness (QED) is 0.889. The Hall–Kier alpha value is -2.16. The minimum Gasteiger partial charge on any atom is -0.478 e. The molecule has 0 bridgehead atoms. The zero-order valence-corrected chi connectivity index (χ0v) is 11.3. The summed E-state index contributed by atoms with van der Waals surface area (Å²) in [6.07, 6.45) is 1.38. The highest BCUT2D eigenvalue weighted by Gasteiger charge is 2.13. The SMILES string of the molecule is CC(C)(C)c1ccc(-c2ccc(C(=O)O)cn2)cc1. The Balaban J connectivity index is 2.30. The van der Waals surface area contributed by atoms with Crippen molar-refractivity contribution in [1.29, 1.82) is 0 Å². The molecule has 1 aromatic carbocycles. The Morgan fingerprint density at radius 2 is 1.68 bits per heavy atom. The van der Waals surface area contributed by atoms with Crippen LogP contribution in [0, 0.1) is 0 Å². The van der Waals surface area contributed by atoms with Gasteiger partial charge in [0.2, 0.25) is 0 Å². The van der Waals surface area contributed by atoms with Gasteiger partial charge in [0, 0.05) is 11.8 Å². The molecule has 2 aromatic rings. The molecular weight excluding hydrogens is 238 g/mol. The normalized spacial score (nSPS) is 11.3. The molecular formula is C16H17NO2. The maximum Gasteiger partial charge on any atom is 0.337 e. The van der Waals surface area contributed by atoms with Gasteiger partial charge in [-0.3, -0.25) is 4.98 Å². The number of aromatic nitrogens is 1. The van der Waals surface area contributed by atoms with Gasteiger partial charge in [-0.2, -0.15) is 0 Å². The van der Waals surface area contributed by atoms with E-state index in [1.807, 2.05) is 12.1 Å². The molecule has 0 saturated carbocycles. The fraction of sp³-hybridized carbons (Fsp3) is 0.250. The standard InChI is InChI=1S/C16H17NO2/c1-16(2,3)13-7-4-11(5-8-13)14-9-6-12(10-17-14)15(18)19/h4-10H,1-3H3,(H,18,19). The van der Waals surface area contributed by atoms with Crippen LogP contribution in [0.5, 0.6) is 0 Å². The van der Waals surface area contributed by atoms with Crippen LogP contribution in [0.3, 0.4) is 0 Å². The number of aromatic carboxylic acids is 1. The molecule has 3 heteroatoms. The first-order valence-electron chi connectivity index (χ1n) is 6.18. The van der Waals surface area contributed by atoms with Crippen LogP contribution in [0.4, 0.5) is 0 Å². The van der Waals surface area contributed by atoms with Crippen LogP contribution in [0.2, 0.25) is 0 Å². The fourth-order valence-corrected chi connectivity index (χ4v) is 1.83. The summed E-state index contributed by atoms with van der Waals surface area (Å²) in [5, 5.41) is 8.83. The second-order valence-electron chi connectivity index (χ2n) is 5.56. The first kappa shape index (κ1) is 13.3. The van der Waals surface area contributed by atoms with Gasteiger partial charge >= 0.3 is 5.97 Å². The van der Waals surface area contributed by atoms with Crippen LogP contribution in [0.15, 0.2) is 42.6 Å². The van der Waals surface area contributed by atoms with Crippen LogP contribution in [0.25, 0.3) is 11.3 Å². The number of nitrogens with zero attached hydrogens (tertiary/aromatic N) is 1. The molecule has 0 aliphatic rings. The van der Waals surface area contributed by atoms with Crippen molar-refractivity contribution in [3.8, 4) is 11.3 Å². The number of hydrogen-bond acceptors (Lipinski definition) is 2. The number of hydrogen-bond donors (Lipinski definition) is 1. The van der Waals surface area contributed by atoms with Crippen LogP contribution in [-0.2, 0) is 5.41 Å². The zero-order valence-electron chi connectivity index (χ0n) is 11.3. The van der Waals surface area contributed by atoms with E-state index in [4.69, 9.17) is 5.11 Å². The van der Waals surface area contributed by atoms with Crippen molar-refractivity contribution < 1.29 is 9.90 Å². The van der Waals surface area contributed by atoms with E-state index in [1.165, 1.54) is 11.8 Å². The van der Waals surface area contributed by atoms with Crippen molar-refractivity contribution in [1.82, 2.24) is 4.98 Å². The number of carbonyl (C=O) groups is 1. The number of benzene rings is 1. The molecule has 0 radical (unpaired) electrons. The van der Waals surface area contributed by atoms with E-state index in [0.717, 1.165) is 11.3 Å². The Morgan fingerprint density at radius 1 is 1.05 bits per heavy atom. The molecule has 2 rings (SSSR count). The van der Waals surface area contributed by atoms with E-state index in [-0.39, 0.29) is 11.0 Å². The van der Waals surface area contributed by atoms with Crippen molar-refractivity contribution in [2.75, 3.05) is 0 Å². The van der Waals surface area contributed by atoms with Gasteiger partial charge in [-0.1, -0.05) is 45.0 Å². The second kappa shape index (κ2) is 4.84. The Kier molecular flexibility index (Phi) is 3.38. The highest BCUT2D eigenvalue weighted by atomic mass is 16.4. The van der Waals surface area contributed by atoms with Gasteiger partial charge in [-0.05, 0) is 23.1 Å². The van der Waals surface area contributed by atoms with Gasteiger partial charge in [0.25, 0.3) is 0 Å². The maximum atomic E-state index is 10.8. The first-order valence-corrected chi connectivity index (χ1v) is 6.18. The number of pyridine rings is 1. The average molecular weight is 255 g/mol. The maximum absolute atomic E-state index is 10.8. The fourth-order valence-electron chi connectivity index (χ4n) is 1.83.